The van der Waals surface area contributed by atoms with Crippen LogP contribution in [0.4, 0.5) is 13.2 Å². The van der Waals surface area contributed by atoms with Gasteiger partial charge in [-0.3, -0.25) is 0 Å². The summed E-state index contributed by atoms with van der Waals surface area (Å²) in [5.74, 6) is 0.266. The van der Waals surface area contributed by atoms with Crippen LogP contribution in [0.15, 0.2) is 24.3 Å². The zero-order valence-electron chi connectivity index (χ0n) is 14.5. The fourth-order valence-corrected chi connectivity index (χ4v) is 2.09. The van der Waals surface area contributed by atoms with Crippen LogP contribution in [0.3, 0.4) is 0 Å². The van der Waals surface area contributed by atoms with E-state index in [1.54, 1.807) is 0 Å². The Hall–Kier alpha value is -0.990. The van der Waals surface area contributed by atoms with Crippen molar-refractivity contribution in [3.63, 3.8) is 0 Å². The van der Waals surface area contributed by atoms with Gasteiger partial charge in [0.1, 0.15) is 0 Å². The summed E-state index contributed by atoms with van der Waals surface area (Å²) < 4.78 is 36.4. The second-order valence-corrected chi connectivity index (χ2v) is 6.04. The topological polar surface area (TPSA) is 0 Å². The van der Waals surface area contributed by atoms with Crippen molar-refractivity contribution in [2.24, 2.45) is 0 Å². The van der Waals surface area contributed by atoms with E-state index in [0.29, 0.717) is 0 Å². The Balaban J connectivity index is 0.000000433. The van der Waals surface area contributed by atoms with Crippen LogP contribution >= 0.6 is 0 Å². The van der Waals surface area contributed by atoms with E-state index >= 15 is 0 Å². The van der Waals surface area contributed by atoms with Crippen molar-refractivity contribution in [2.75, 3.05) is 0 Å². The van der Waals surface area contributed by atoms with Crippen molar-refractivity contribution >= 4 is 0 Å². The Morgan fingerprint density at radius 3 is 1.50 bits per heavy atom. The maximum atomic E-state index is 12.1. The van der Waals surface area contributed by atoms with E-state index in [9.17, 15) is 13.2 Å². The molecule has 0 saturated carbocycles. The third kappa shape index (κ3) is 9.86. The Morgan fingerprint density at radius 1 is 0.773 bits per heavy atom. The first-order chi connectivity index (χ1) is 10.3. The standard InChI is InChI=1S/C10H11F3.C9H20/c1-7(2)8-3-5-9(6-4-8)10(11,12)13;1-3-5-7-9-8-6-4-2/h3-7H,1-2H3;3-9H2,1-2H3. The Labute approximate surface area is 134 Å². The molecule has 0 aliphatic rings. The van der Waals surface area contributed by atoms with Crippen molar-refractivity contribution in [1.82, 2.24) is 0 Å². The summed E-state index contributed by atoms with van der Waals surface area (Å²) in [4.78, 5) is 0. The van der Waals surface area contributed by atoms with Gasteiger partial charge in [-0.1, -0.05) is 84.8 Å². The second-order valence-electron chi connectivity index (χ2n) is 6.04. The number of hydrogen-bond donors (Lipinski definition) is 0. The molecule has 0 aliphatic carbocycles. The Kier molecular flexibility index (Phi) is 11.0. The zero-order valence-corrected chi connectivity index (χ0v) is 14.5. The van der Waals surface area contributed by atoms with Crippen LogP contribution in [-0.4, -0.2) is 0 Å². The molecule has 1 aromatic rings. The number of hydrogen-bond acceptors (Lipinski definition) is 0. The number of halogens is 3. The minimum Gasteiger partial charge on any atom is -0.166 e. The fourth-order valence-electron chi connectivity index (χ4n) is 2.09. The van der Waals surface area contributed by atoms with E-state index in [1.807, 2.05) is 13.8 Å². The average molecular weight is 316 g/mol. The molecule has 0 nitrogen and oxygen atoms in total. The lowest BCUT2D eigenvalue weighted by molar-refractivity contribution is -0.137. The summed E-state index contributed by atoms with van der Waals surface area (Å²) in [7, 11) is 0. The van der Waals surface area contributed by atoms with E-state index in [-0.39, 0.29) is 5.92 Å². The third-order valence-corrected chi connectivity index (χ3v) is 3.61. The molecule has 0 atom stereocenters. The fraction of sp³-hybridized carbons (Fsp3) is 0.684. The van der Waals surface area contributed by atoms with Gasteiger partial charge in [-0.2, -0.15) is 13.2 Å². The van der Waals surface area contributed by atoms with Gasteiger partial charge in [0.05, 0.1) is 5.56 Å². The van der Waals surface area contributed by atoms with Gasteiger partial charge in [0.2, 0.25) is 0 Å². The number of rotatable bonds is 7. The highest BCUT2D eigenvalue weighted by Crippen LogP contribution is 2.29. The van der Waals surface area contributed by atoms with Gasteiger partial charge >= 0.3 is 6.18 Å². The third-order valence-electron chi connectivity index (χ3n) is 3.61. The molecule has 22 heavy (non-hydrogen) atoms. The molecule has 0 aromatic heterocycles. The molecule has 3 heteroatoms. The highest BCUT2D eigenvalue weighted by Gasteiger charge is 2.29. The molecule has 0 heterocycles. The van der Waals surface area contributed by atoms with Crippen molar-refractivity contribution in [3.8, 4) is 0 Å². The maximum Gasteiger partial charge on any atom is 0.416 e. The Morgan fingerprint density at radius 2 is 1.18 bits per heavy atom. The predicted octanol–water partition coefficient (Wildman–Crippen LogP) is 7.59. The molecule has 0 saturated heterocycles. The summed E-state index contributed by atoms with van der Waals surface area (Å²) >= 11 is 0. The molecule has 0 aliphatic heterocycles. The molecular formula is C19H31F3. The quantitative estimate of drug-likeness (QED) is 0.455. The first kappa shape index (κ1) is 21.0. The lowest BCUT2D eigenvalue weighted by Crippen LogP contribution is -2.04. The number of unbranched alkanes of at least 4 members (excludes halogenated alkanes) is 6. The van der Waals surface area contributed by atoms with E-state index in [0.717, 1.165) is 17.7 Å². The predicted molar refractivity (Wildman–Crippen MR) is 89.2 cm³/mol. The van der Waals surface area contributed by atoms with Crippen LogP contribution in [0.5, 0.6) is 0 Å². The second kappa shape index (κ2) is 11.6. The minimum atomic E-state index is -4.23. The number of alkyl halides is 3. The van der Waals surface area contributed by atoms with E-state index in [4.69, 9.17) is 0 Å². The normalized spacial score (nSPS) is 11.3. The van der Waals surface area contributed by atoms with Gasteiger partial charge in [-0.15, -0.1) is 0 Å². The molecule has 0 bridgehead atoms. The van der Waals surface area contributed by atoms with Crippen molar-refractivity contribution in [3.05, 3.63) is 35.4 Å². The molecule has 0 radical (unpaired) electrons. The molecule has 1 aromatic carbocycles. The van der Waals surface area contributed by atoms with Gasteiger partial charge in [0, 0.05) is 0 Å². The monoisotopic (exact) mass is 316 g/mol. The molecular weight excluding hydrogens is 285 g/mol. The van der Waals surface area contributed by atoms with Crippen LogP contribution in [0.25, 0.3) is 0 Å². The molecule has 128 valence electrons. The summed E-state index contributed by atoms with van der Waals surface area (Å²) in [6.07, 6.45) is 5.75. The molecule has 0 spiro atoms. The molecule has 0 fully saturated rings. The smallest absolute Gasteiger partial charge is 0.166 e. The molecule has 1 rings (SSSR count). The van der Waals surface area contributed by atoms with E-state index < -0.39 is 11.7 Å². The summed E-state index contributed by atoms with van der Waals surface area (Å²) in [6.45, 7) is 8.42. The molecule has 0 amide bonds. The first-order valence-corrected chi connectivity index (χ1v) is 8.50. The van der Waals surface area contributed by atoms with Crippen molar-refractivity contribution in [2.45, 2.75) is 84.7 Å². The lowest BCUT2D eigenvalue weighted by atomic mass is 10.0. The van der Waals surface area contributed by atoms with Crippen LogP contribution < -0.4 is 0 Å². The number of benzene rings is 1. The van der Waals surface area contributed by atoms with Crippen LogP contribution in [-0.2, 0) is 6.18 Å². The molecule has 0 unspecified atom stereocenters. The van der Waals surface area contributed by atoms with Crippen molar-refractivity contribution in [1.29, 1.82) is 0 Å². The zero-order chi connectivity index (χ0) is 17.0. The largest absolute Gasteiger partial charge is 0.416 e. The summed E-state index contributed by atoms with van der Waals surface area (Å²) in [6, 6.07) is 5.28. The summed E-state index contributed by atoms with van der Waals surface area (Å²) in [5.41, 5.74) is 0.338. The molecule has 0 N–H and O–H groups in total. The highest BCUT2D eigenvalue weighted by molar-refractivity contribution is 5.26. The first-order valence-electron chi connectivity index (χ1n) is 8.50. The van der Waals surface area contributed by atoms with E-state index in [1.165, 1.54) is 57.1 Å². The summed E-state index contributed by atoms with van der Waals surface area (Å²) in [5, 5.41) is 0. The average Bonchev–Trinajstić information content (AvgIpc) is 2.47. The van der Waals surface area contributed by atoms with Crippen LogP contribution in [0.1, 0.15) is 89.7 Å². The van der Waals surface area contributed by atoms with Crippen molar-refractivity contribution < 1.29 is 13.2 Å². The lowest BCUT2D eigenvalue weighted by Gasteiger charge is -2.09. The SMILES string of the molecule is CC(C)c1ccc(C(F)(F)F)cc1.CCCCCCCCC. The van der Waals surface area contributed by atoms with Crippen LogP contribution in [0, 0.1) is 0 Å². The minimum absolute atomic E-state index is 0.266. The van der Waals surface area contributed by atoms with Gasteiger partial charge in [0.25, 0.3) is 0 Å². The Bertz CT molecular complexity index is 357. The maximum absolute atomic E-state index is 12.1. The van der Waals surface area contributed by atoms with Gasteiger partial charge in [0.15, 0.2) is 0 Å². The van der Waals surface area contributed by atoms with Gasteiger partial charge < -0.3 is 0 Å². The van der Waals surface area contributed by atoms with E-state index in [2.05, 4.69) is 13.8 Å². The van der Waals surface area contributed by atoms with Crippen LogP contribution in [0.2, 0.25) is 0 Å². The van der Waals surface area contributed by atoms with Gasteiger partial charge in [-0.05, 0) is 23.6 Å². The van der Waals surface area contributed by atoms with Gasteiger partial charge in [-0.25, -0.2) is 0 Å². The highest BCUT2D eigenvalue weighted by atomic mass is 19.4.